The number of para-hydroxylation sites is 2. The number of fused-ring (bicyclic) bond motifs is 9. The fourth-order valence-electron chi connectivity index (χ4n) is 5.88. The molecule has 39 heavy (non-hydrogen) atoms. The van der Waals surface area contributed by atoms with Crippen LogP contribution in [0.3, 0.4) is 0 Å². The second-order valence-corrected chi connectivity index (χ2v) is 10.9. The molecule has 4 aromatic heterocycles. The lowest BCUT2D eigenvalue weighted by molar-refractivity contribution is 0.667. The van der Waals surface area contributed by atoms with E-state index in [1.165, 1.54) is 30.9 Å². The van der Waals surface area contributed by atoms with Crippen LogP contribution in [0.5, 0.6) is 0 Å². The van der Waals surface area contributed by atoms with E-state index in [-0.39, 0.29) is 0 Å². The number of thiophene rings is 1. The van der Waals surface area contributed by atoms with Crippen LogP contribution in [0.15, 0.2) is 120 Å². The molecule has 0 saturated heterocycles. The Morgan fingerprint density at radius 2 is 1.23 bits per heavy atom. The molecule has 5 aromatic carbocycles. The molecule has 5 heteroatoms. The monoisotopic (exact) mass is 517 g/mol. The summed E-state index contributed by atoms with van der Waals surface area (Å²) in [6.07, 6.45) is 0. The second kappa shape index (κ2) is 7.76. The van der Waals surface area contributed by atoms with Gasteiger partial charge in [-0.25, -0.2) is 9.97 Å². The number of nitrogens with zero attached hydrogens (tertiary/aromatic N) is 3. The average molecular weight is 518 g/mol. The van der Waals surface area contributed by atoms with Gasteiger partial charge in [-0.15, -0.1) is 11.3 Å². The lowest BCUT2D eigenvalue weighted by Gasteiger charge is -2.09. The van der Waals surface area contributed by atoms with Gasteiger partial charge >= 0.3 is 0 Å². The molecule has 182 valence electrons. The summed E-state index contributed by atoms with van der Waals surface area (Å²) in [5.41, 5.74) is 6.32. The van der Waals surface area contributed by atoms with Crippen molar-refractivity contribution in [3.05, 3.63) is 115 Å². The summed E-state index contributed by atoms with van der Waals surface area (Å²) < 4.78 is 11.2. The third-order valence-corrected chi connectivity index (χ3v) is 8.76. The predicted molar refractivity (Wildman–Crippen MR) is 162 cm³/mol. The molecule has 0 amide bonds. The Morgan fingerprint density at radius 1 is 0.564 bits per heavy atom. The number of furan rings is 1. The molecule has 4 heterocycles. The maximum absolute atomic E-state index is 6.56. The van der Waals surface area contributed by atoms with Crippen LogP contribution in [0.4, 0.5) is 0 Å². The van der Waals surface area contributed by atoms with Gasteiger partial charge in [-0.2, -0.15) is 0 Å². The Kier molecular flexibility index (Phi) is 4.18. The summed E-state index contributed by atoms with van der Waals surface area (Å²) in [6.45, 7) is 0. The first kappa shape index (κ1) is 21.0. The molecule has 9 rings (SSSR count). The zero-order chi connectivity index (χ0) is 25.5. The van der Waals surface area contributed by atoms with Gasteiger partial charge in [0.25, 0.3) is 0 Å². The van der Waals surface area contributed by atoms with Gasteiger partial charge in [0, 0.05) is 41.9 Å². The van der Waals surface area contributed by atoms with E-state index in [0.717, 1.165) is 38.8 Å². The molecule has 4 nitrogen and oxygen atoms in total. The van der Waals surface area contributed by atoms with Crippen molar-refractivity contribution in [1.29, 1.82) is 0 Å². The van der Waals surface area contributed by atoms with Gasteiger partial charge in [-0.1, -0.05) is 84.9 Å². The van der Waals surface area contributed by atoms with E-state index in [9.17, 15) is 0 Å². The maximum Gasteiger partial charge on any atom is 0.236 e. The lowest BCUT2D eigenvalue weighted by Crippen LogP contribution is -2.02. The number of aromatic nitrogens is 3. The van der Waals surface area contributed by atoms with Gasteiger partial charge in [0.1, 0.15) is 16.8 Å². The first-order valence-electron chi connectivity index (χ1n) is 12.9. The van der Waals surface area contributed by atoms with Crippen molar-refractivity contribution < 1.29 is 4.42 Å². The predicted octanol–water partition coefficient (Wildman–Crippen LogP) is 9.51. The highest BCUT2D eigenvalue weighted by atomic mass is 32.1. The fourth-order valence-corrected chi connectivity index (χ4v) is 7.00. The number of hydrogen-bond acceptors (Lipinski definition) is 4. The van der Waals surface area contributed by atoms with Crippen molar-refractivity contribution in [2.75, 3.05) is 0 Å². The van der Waals surface area contributed by atoms with Gasteiger partial charge in [0.2, 0.25) is 5.95 Å². The molecule has 0 aliphatic carbocycles. The van der Waals surface area contributed by atoms with Crippen LogP contribution in [-0.2, 0) is 0 Å². The zero-order valence-electron chi connectivity index (χ0n) is 20.6. The molecule has 0 N–H and O–H groups in total. The van der Waals surface area contributed by atoms with Crippen molar-refractivity contribution in [1.82, 2.24) is 14.5 Å². The van der Waals surface area contributed by atoms with Crippen LogP contribution in [0.1, 0.15) is 0 Å². The van der Waals surface area contributed by atoms with Crippen LogP contribution in [0.25, 0.3) is 81.3 Å². The highest BCUT2D eigenvalue weighted by Gasteiger charge is 2.21. The SMILES string of the molecule is c1ccc(-c2nc(-n3c4ccccc4c4ccccc43)nc3c2oc2cc4sc5ccccc5c4cc23)cc1. The Bertz CT molecular complexity index is 2340. The molecule has 0 atom stereocenters. The molecule has 0 unspecified atom stereocenters. The Labute approximate surface area is 226 Å². The minimum Gasteiger partial charge on any atom is -0.452 e. The molecule has 0 aliphatic rings. The first-order valence-corrected chi connectivity index (χ1v) is 13.7. The summed E-state index contributed by atoms with van der Waals surface area (Å²) in [4.78, 5) is 10.4. The molecular weight excluding hydrogens is 498 g/mol. The fraction of sp³-hybridized carbons (Fsp3) is 0. The smallest absolute Gasteiger partial charge is 0.236 e. The van der Waals surface area contributed by atoms with Crippen LogP contribution in [0.2, 0.25) is 0 Å². The normalized spacial score (nSPS) is 12.1. The number of rotatable bonds is 2. The van der Waals surface area contributed by atoms with Crippen LogP contribution in [-0.4, -0.2) is 14.5 Å². The van der Waals surface area contributed by atoms with Crippen LogP contribution < -0.4 is 0 Å². The van der Waals surface area contributed by atoms with E-state index in [1.807, 2.05) is 18.2 Å². The van der Waals surface area contributed by atoms with E-state index >= 15 is 0 Å². The maximum atomic E-state index is 6.56. The number of hydrogen-bond donors (Lipinski definition) is 0. The topological polar surface area (TPSA) is 43.9 Å². The van der Waals surface area contributed by atoms with Crippen molar-refractivity contribution in [3.8, 4) is 17.2 Å². The summed E-state index contributed by atoms with van der Waals surface area (Å²) in [6, 6.07) is 40.1. The van der Waals surface area contributed by atoms with Crippen LogP contribution in [0, 0.1) is 0 Å². The minimum atomic E-state index is 0.636. The van der Waals surface area contributed by atoms with Gasteiger partial charge < -0.3 is 4.42 Å². The van der Waals surface area contributed by atoms with Crippen molar-refractivity contribution in [2.24, 2.45) is 0 Å². The molecule has 0 spiro atoms. The summed E-state index contributed by atoms with van der Waals surface area (Å²) in [5.74, 6) is 0.636. The highest BCUT2D eigenvalue weighted by Crippen LogP contribution is 2.41. The van der Waals surface area contributed by atoms with Gasteiger partial charge in [0.15, 0.2) is 5.58 Å². The first-order chi connectivity index (χ1) is 19.3. The van der Waals surface area contributed by atoms with Gasteiger partial charge in [0.05, 0.1) is 11.0 Å². The Hall–Kier alpha value is -5.00. The van der Waals surface area contributed by atoms with Crippen LogP contribution >= 0.6 is 11.3 Å². The third-order valence-electron chi connectivity index (χ3n) is 7.63. The average Bonchev–Trinajstić information content (AvgIpc) is 3.65. The van der Waals surface area contributed by atoms with Gasteiger partial charge in [-0.05, 0) is 30.3 Å². The summed E-state index contributed by atoms with van der Waals surface area (Å²) in [5, 5.41) is 5.85. The van der Waals surface area contributed by atoms with E-state index in [0.29, 0.717) is 11.5 Å². The largest absolute Gasteiger partial charge is 0.452 e. The molecule has 0 saturated carbocycles. The summed E-state index contributed by atoms with van der Waals surface area (Å²) in [7, 11) is 0. The number of benzene rings is 5. The van der Waals surface area contributed by atoms with E-state index in [1.54, 1.807) is 11.3 Å². The molecule has 0 bridgehead atoms. The molecule has 0 fully saturated rings. The molecule has 9 aromatic rings. The molecule has 0 aliphatic heterocycles. The Morgan fingerprint density at radius 3 is 2.00 bits per heavy atom. The van der Waals surface area contributed by atoms with Crippen molar-refractivity contribution in [2.45, 2.75) is 0 Å². The highest BCUT2D eigenvalue weighted by molar-refractivity contribution is 7.25. The quantitative estimate of drug-likeness (QED) is 0.229. The zero-order valence-corrected chi connectivity index (χ0v) is 21.4. The Balaban J connectivity index is 1.45. The second-order valence-electron chi connectivity index (χ2n) is 9.83. The third kappa shape index (κ3) is 2.93. The molecule has 0 radical (unpaired) electrons. The van der Waals surface area contributed by atoms with Gasteiger partial charge in [-0.3, -0.25) is 4.57 Å². The van der Waals surface area contributed by atoms with Crippen molar-refractivity contribution >= 4 is 75.4 Å². The van der Waals surface area contributed by atoms with E-state index in [2.05, 4.69) is 102 Å². The summed E-state index contributed by atoms with van der Waals surface area (Å²) >= 11 is 1.79. The molecular formula is C34H19N3OS. The van der Waals surface area contributed by atoms with E-state index < -0.39 is 0 Å². The van der Waals surface area contributed by atoms with E-state index in [4.69, 9.17) is 14.4 Å². The standard InChI is InChI=1S/C34H19N3OS/c1-2-10-20(11-3-1)31-33-32(25-18-24-23-14-6-9-17-29(23)39-30(24)19-28(25)38-33)36-34(35-31)37-26-15-7-4-12-21(26)22-13-5-8-16-27(22)37/h1-19H. The lowest BCUT2D eigenvalue weighted by atomic mass is 10.1. The minimum absolute atomic E-state index is 0.636. The van der Waals surface area contributed by atoms with Crippen molar-refractivity contribution in [3.63, 3.8) is 0 Å².